The number of benzene rings is 2. The van der Waals surface area contributed by atoms with Crippen molar-refractivity contribution in [2.24, 2.45) is 0 Å². The largest absolute Gasteiger partial charge is 0.340 e. The molecule has 26 heavy (non-hydrogen) atoms. The van der Waals surface area contributed by atoms with Crippen molar-refractivity contribution in [1.82, 2.24) is 9.47 Å². The van der Waals surface area contributed by atoms with Crippen molar-refractivity contribution < 1.29 is 4.79 Å². The summed E-state index contributed by atoms with van der Waals surface area (Å²) in [5.74, 6) is 6.40. The van der Waals surface area contributed by atoms with Gasteiger partial charge in [0.05, 0.1) is 0 Å². The second kappa shape index (κ2) is 6.93. The molecular formula is C23H20N2O. The molecule has 0 unspecified atom stereocenters. The van der Waals surface area contributed by atoms with Gasteiger partial charge in [-0.05, 0) is 36.2 Å². The molecule has 3 heteroatoms. The van der Waals surface area contributed by atoms with Crippen LogP contribution in [0, 0.1) is 18.8 Å². The lowest BCUT2D eigenvalue weighted by molar-refractivity contribution is 0.0691. The summed E-state index contributed by atoms with van der Waals surface area (Å²) in [6, 6.07) is 20.0. The maximum atomic E-state index is 12.9. The van der Waals surface area contributed by atoms with Crippen LogP contribution < -0.4 is 0 Å². The summed E-state index contributed by atoms with van der Waals surface area (Å²) in [7, 11) is 0. The Hall–Kier alpha value is -3.25. The van der Waals surface area contributed by atoms with Crippen LogP contribution in [0.2, 0.25) is 0 Å². The van der Waals surface area contributed by atoms with Crippen LogP contribution in [-0.4, -0.2) is 21.9 Å². The molecule has 0 spiro atoms. The average molecular weight is 340 g/mol. The van der Waals surface area contributed by atoms with E-state index in [2.05, 4.69) is 30.9 Å². The first kappa shape index (κ1) is 16.2. The first-order valence-electron chi connectivity index (χ1n) is 8.82. The molecule has 1 amide bonds. The summed E-state index contributed by atoms with van der Waals surface area (Å²) in [6.07, 6.45) is 1.98. The van der Waals surface area contributed by atoms with Gasteiger partial charge in [0.2, 0.25) is 0 Å². The van der Waals surface area contributed by atoms with E-state index in [1.165, 1.54) is 11.1 Å². The smallest absolute Gasteiger partial charge is 0.270 e. The molecule has 3 nitrogen and oxygen atoms in total. The van der Waals surface area contributed by atoms with Gasteiger partial charge in [-0.15, -0.1) is 0 Å². The molecule has 0 atom stereocenters. The molecule has 0 saturated carbocycles. The highest BCUT2D eigenvalue weighted by atomic mass is 16.2. The van der Waals surface area contributed by atoms with E-state index in [1.807, 2.05) is 64.2 Å². The van der Waals surface area contributed by atoms with Crippen molar-refractivity contribution in [2.45, 2.75) is 20.0 Å². The highest BCUT2D eigenvalue weighted by Gasteiger charge is 2.25. The number of hydrogen-bond donors (Lipinski definition) is 0. The van der Waals surface area contributed by atoms with E-state index in [4.69, 9.17) is 0 Å². The van der Waals surface area contributed by atoms with Crippen molar-refractivity contribution in [3.05, 3.63) is 94.8 Å². The number of nitrogens with zero attached hydrogens (tertiary/aromatic N) is 2. The van der Waals surface area contributed by atoms with Gasteiger partial charge in [0.15, 0.2) is 0 Å². The van der Waals surface area contributed by atoms with E-state index in [1.54, 1.807) is 0 Å². The van der Waals surface area contributed by atoms with Gasteiger partial charge in [-0.3, -0.25) is 4.79 Å². The monoisotopic (exact) mass is 340 g/mol. The third-order valence-corrected chi connectivity index (χ3v) is 4.76. The molecule has 0 bridgehead atoms. The van der Waals surface area contributed by atoms with Crippen LogP contribution in [0.3, 0.4) is 0 Å². The van der Waals surface area contributed by atoms with Crippen LogP contribution in [0.25, 0.3) is 0 Å². The summed E-state index contributed by atoms with van der Waals surface area (Å²) < 4.78 is 2.02. The molecule has 1 aliphatic heterocycles. The van der Waals surface area contributed by atoms with E-state index in [-0.39, 0.29) is 5.91 Å². The van der Waals surface area contributed by atoms with Crippen molar-refractivity contribution in [3.63, 3.8) is 0 Å². The summed E-state index contributed by atoms with van der Waals surface area (Å²) >= 11 is 0. The van der Waals surface area contributed by atoms with E-state index in [9.17, 15) is 4.79 Å². The van der Waals surface area contributed by atoms with Crippen LogP contribution in [0.5, 0.6) is 0 Å². The zero-order valence-corrected chi connectivity index (χ0v) is 14.8. The fourth-order valence-corrected chi connectivity index (χ4v) is 3.24. The lowest BCUT2D eigenvalue weighted by Crippen LogP contribution is -2.39. The Kier molecular flexibility index (Phi) is 4.33. The first-order valence-corrected chi connectivity index (χ1v) is 8.82. The van der Waals surface area contributed by atoms with E-state index < -0.39 is 0 Å². The van der Waals surface area contributed by atoms with E-state index >= 15 is 0 Å². The molecule has 1 aliphatic rings. The van der Waals surface area contributed by atoms with Crippen LogP contribution in [0.15, 0.2) is 66.9 Å². The molecule has 0 fully saturated rings. The van der Waals surface area contributed by atoms with Gasteiger partial charge in [-0.25, -0.2) is 0 Å². The Balaban J connectivity index is 1.55. The third-order valence-electron chi connectivity index (χ3n) is 4.76. The normalized spacial score (nSPS) is 13.1. The molecule has 0 aliphatic carbocycles. The van der Waals surface area contributed by atoms with Gasteiger partial charge in [-0.2, -0.15) is 0 Å². The Morgan fingerprint density at radius 1 is 0.923 bits per heavy atom. The topological polar surface area (TPSA) is 25.2 Å². The Morgan fingerprint density at radius 2 is 1.65 bits per heavy atom. The number of aromatic nitrogens is 1. The first-order chi connectivity index (χ1) is 12.7. The number of hydrogen-bond acceptors (Lipinski definition) is 1. The van der Waals surface area contributed by atoms with Crippen molar-refractivity contribution in [3.8, 4) is 11.8 Å². The van der Waals surface area contributed by atoms with Gasteiger partial charge in [0.1, 0.15) is 5.69 Å². The molecule has 3 aromatic rings. The fraction of sp³-hybridized carbons (Fsp3) is 0.174. The predicted molar refractivity (Wildman–Crippen MR) is 103 cm³/mol. The fourth-order valence-electron chi connectivity index (χ4n) is 3.24. The summed E-state index contributed by atoms with van der Waals surface area (Å²) in [6.45, 7) is 4.27. The third kappa shape index (κ3) is 3.27. The average Bonchev–Trinajstić information content (AvgIpc) is 3.09. The Labute approximate surface area is 153 Å². The zero-order chi connectivity index (χ0) is 17.9. The lowest BCUT2D eigenvalue weighted by Gasteiger charge is -2.28. The highest BCUT2D eigenvalue weighted by Crippen LogP contribution is 2.19. The summed E-state index contributed by atoms with van der Waals surface area (Å²) in [4.78, 5) is 14.8. The van der Waals surface area contributed by atoms with Crippen molar-refractivity contribution >= 4 is 5.91 Å². The minimum Gasteiger partial charge on any atom is -0.340 e. The Morgan fingerprint density at radius 3 is 2.46 bits per heavy atom. The van der Waals surface area contributed by atoms with Gasteiger partial charge in [0, 0.05) is 37.0 Å². The molecule has 4 rings (SSSR count). The minimum absolute atomic E-state index is 0.0762. The molecule has 2 aromatic carbocycles. The quantitative estimate of drug-likeness (QED) is 0.651. The van der Waals surface area contributed by atoms with Crippen molar-refractivity contribution in [1.29, 1.82) is 0 Å². The number of amides is 1. The van der Waals surface area contributed by atoms with Crippen LogP contribution >= 0.6 is 0 Å². The summed E-state index contributed by atoms with van der Waals surface area (Å²) in [5, 5.41) is 0. The second-order valence-corrected chi connectivity index (χ2v) is 6.58. The zero-order valence-electron chi connectivity index (χ0n) is 14.8. The van der Waals surface area contributed by atoms with Crippen LogP contribution in [-0.2, 0) is 13.1 Å². The molecule has 0 N–H and O–H groups in total. The SMILES string of the molecule is Cc1ccccc1CN1CCn2cc(C#Cc3ccccc3)cc2C1=O. The van der Waals surface area contributed by atoms with Gasteiger partial charge in [0.25, 0.3) is 5.91 Å². The molecule has 1 aromatic heterocycles. The standard InChI is InChI=1S/C23H20N2O/c1-18-7-5-6-10-21(18)17-25-14-13-24-16-20(15-22(24)23(25)26)12-11-19-8-3-2-4-9-19/h2-10,15-16H,13-14,17H2,1H3. The second-order valence-electron chi connectivity index (χ2n) is 6.58. The molecule has 128 valence electrons. The molecule has 0 saturated heterocycles. The van der Waals surface area contributed by atoms with Gasteiger partial charge >= 0.3 is 0 Å². The number of carbonyl (C=O) groups excluding carboxylic acids is 1. The molecular weight excluding hydrogens is 320 g/mol. The van der Waals surface area contributed by atoms with E-state index in [0.29, 0.717) is 6.54 Å². The van der Waals surface area contributed by atoms with Gasteiger partial charge < -0.3 is 9.47 Å². The van der Waals surface area contributed by atoms with Crippen LogP contribution in [0.1, 0.15) is 32.7 Å². The number of rotatable bonds is 2. The maximum Gasteiger partial charge on any atom is 0.270 e. The molecule has 2 heterocycles. The predicted octanol–water partition coefficient (Wildman–Crippen LogP) is 3.85. The van der Waals surface area contributed by atoms with E-state index in [0.717, 1.165) is 29.9 Å². The summed E-state index contributed by atoms with van der Waals surface area (Å²) in [5.41, 5.74) is 5.00. The highest BCUT2D eigenvalue weighted by molar-refractivity contribution is 5.94. The van der Waals surface area contributed by atoms with Gasteiger partial charge in [-0.1, -0.05) is 54.3 Å². The minimum atomic E-state index is 0.0762. The van der Waals surface area contributed by atoms with Crippen molar-refractivity contribution in [2.75, 3.05) is 6.54 Å². The Bertz CT molecular complexity index is 1010. The number of aryl methyl sites for hydroxylation is 1. The maximum absolute atomic E-state index is 12.9. The lowest BCUT2D eigenvalue weighted by atomic mass is 10.1. The van der Waals surface area contributed by atoms with Crippen LogP contribution in [0.4, 0.5) is 0 Å². The number of carbonyl (C=O) groups is 1. The molecule has 0 radical (unpaired) electrons. The number of fused-ring (bicyclic) bond motifs is 1.